The third kappa shape index (κ3) is 4.19. The number of nitrogens with one attached hydrogen (secondary N) is 1. The first-order chi connectivity index (χ1) is 15.8. The molecule has 1 saturated heterocycles. The van der Waals surface area contributed by atoms with Gasteiger partial charge in [0.15, 0.2) is 0 Å². The van der Waals surface area contributed by atoms with E-state index in [1.165, 1.54) is 24.8 Å². The normalized spacial score (nSPS) is 14.8. The van der Waals surface area contributed by atoms with E-state index < -0.39 is 17.9 Å². The number of rotatable bonds is 6. The van der Waals surface area contributed by atoms with Crippen LogP contribution in [0.25, 0.3) is 11.8 Å². The van der Waals surface area contributed by atoms with E-state index >= 15 is 0 Å². The van der Waals surface area contributed by atoms with Crippen LogP contribution >= 0.6 is 0 Å². The third-order valence-corrected chi connectivity index (χ3v) is 5.70. The Bertz CT molecular complexity index is 1260. The summed E-state index contributed by atoms with van der Waals surface area (Å²) in [7, 11) is 1.25. The number of urea groups is 1. The van der Waals surface area contributed by atoms with Crippen molar-refractivity contribution in [1.82, 2.24) is 14.8 Å². The van der Waals surface area contributed by atoms with Gasteiger partial charge in [-0.15, -0.1) is 0 Å². The number of furan rings is 1. The van der Waals surface area contributed by atoms with Gasteiger partial charge in [0, 0.05) is 17.1 Å². The van der Waals surface area contributed by atoms with Crippen LogP contribution in [0.2, 0.25) is 0 Å². The number of methoxy groups -OCH3 is 1. The molecule has 0 radical (unpaired) electrons. The Labute approximate surface area is 191 Å². The summed E-state index contributed by atoms with van der Waals surface area (Å²) in [4.78, 5) is 37.9. The molecule has 3 aromatic rings. The maximum absolute atomic E-state index is 12.9. The second-order valence-corrected chi connectivity index (χ2v) is 7.82. The third-order valence-electron chi connectivity index (χ3n) is 5.70. The molecule has 8 heteroatoms. The van der Waals surface area contributed by atoms with Gasteiger partial charge in [0.1, 0.15) is 11.5 Å². The molecule has 0 atom stereocenters. The number of aromatic nitrogens is 1. The van der Waals surface area contributed by atoms with Gasteiger partial charge >= 0.3 is 12.0 Å². The van der Waals surface area contributed by atoms with Gasteiger partial charge in [0.2, 0.25) is 5.76 Å². The highest BCUT2D eigenvalue weighted by Gasteiger charge is 2.34. The van der Waals surface area contributed by atoms with Crippen LogP contribution in [0.4, 0.5) is 4.79 Å². The van der Waals surface area contributed by atoms with Crippen molar-refractivity contribution in [3.63, 3.8) is 0 Å². The van der Waals surface area contributed by atoms with Gasteiger partial charge < -0.3 is 19.0 Å². The Hall–Kier alpha value is -4.07. The van der Waals surface area contributed by atoms with Crippen LogP contribution in [-0.4, -0.2) is 34.5 Å². The molecular formula is C25H25N3O5. The molecule has 33 heavy (non-hydrogen) atoms. The molecule has 0 aliphatic carbocycles. The van der Waals surface area contributed by atoms with Crippen LogP contribution in [-0.2, 0) is 22.5 Å². The van der Waals surface area contributed by atoms with Gasteiger partial charge in [-0.2, -0.15) is 0 Å². The molecule has 1 fully saturated rings. The molecule has 0 spiro atoms. The number of carbonyl (C=O) groups excluding carboxylic acids is 3. The lowest BCUT2D eigenvalue weighted by molar-refractivity contribution is -0.123. The Morgan fingerprint density at radius 3 is 2.52 bits per heavy atom. The predicted octanol–water partition coefficient (Wildman–Crippen LogP) is 4.13. The molecule has 4 rings (SSSR count). The summed E-state index contributed by atoms with van der Waals surface area (Å²) >= 11 is 0. The number of aryl methyl sites for hydroxylation is 2. The topological polar surface area (TPSA) is 93.8 Å². The number of carbonyl (C=O) groups is 3. The fourth-order valence-corrected chi connectivity index (χ4v) is 3.91. The maximum atomic E-state index is 12.9. The minimum absolute atomic E-state index is 0.00901. The lowest BCUT2D eigenvalue weighted by Gasteiger charge is -2.10. The number of amides is 3. The monoisotopic (exact) mass is 447 g/mol. The van der Waals surface area contributed by atoms with E-state index in [9.17, 15) is 14.4 Å². The van der Waals surface area contributed by atoms with Gasteiger partial charge in [-0.3, -0.25) is 9.69 Å². The van der Waals surface area contributed by atoms with Crippen LogP contribution in [0.1, 0.15) is 45.8 Å². The Morgan fingerprint density at radius 2 is 1.85 bits per heavy atom. The van der Waals surface area contributed by atoms with Gasteiger partial charge in [-0.1, -0.05) is 19.1 Å². The summed E-state index contributed by atoms with van der Waals surface area (Å²) in [6, 6.07) is 12.8. The van der Waals surface area contributed by atoms with E-state index in [0.29, 0.717) is 5.76 Å². The van der Waals surface area contributed by atoms with E-state index in [2.05, 4.69) is 45.8 Å². The zero-order valence-corrected chi connectivity index (χ0v) is 19.0. The van der Waals surface area contributed by atoms with E-state index in [1.54, 1.807) is 6.08 Å². The zero-order valence-electron chi connectivity index (χ0n) is 19.0. The van der Waals surface area contributed by atoms with Crippen molar-refractivity contribution in [3.05, 3.63) is 82.2 Å². The van der Waals surface area contributed by atoms with Crippen molar-refractivity contribution in [2.45, 2.75) is 33.7 Å². The summed E-state index contributed by atoms with van der Waals surface area (Å²) in [5.41, 5.74) is 5.29. The van der Waals surface area contributed by atoms with Crippen molar-refractivity contribution < 1.29 is 23.5 Å². The molecule has 3 heterocycles. The molecule has 1 aromatic carbocycles. The Balaban J connectivity index is 1.57. The lowest BCUT2D eigenvalue weighted by Crippen LogP contribution is -2.30. The van der Waals surface area contributed by atoms with Crippen molar-refractivity contribution in [3.8, 4) is 5.69 Å². The zero-order chi connectivity index (χ0) is 23.7. The van der Waals surface area contributed by atoms with Gasteiger partial charge in [0.05, 0.1) is 13.7 Å². The van der Waals surface area contributed by atoms with Crippen LogP contribution in [0, 0.1) is 13.8 Å². The smallest absolute Gasteiger partial charge is 0.373 e. The summed E-state index contributed by atoms with van der Waals surface area (Å²) in [5.74, 6) is -0.782. The molecule has 170 valence electrons. The lowest BCUT2D eigenvalue weighted by atomic mass is 10.1. The highest BCUT2D eigenvalue weighted by atomic mass is 16.5. The summed E-state index contributed by atoms with van der Waals surface area (Å²) < 4.78 is 12.1. The number of hydrogen-bond acceptors (Lipinski definition) is 5. The van der Waals surface area contributed by atoms with Crippen molar-refractivity contribution in [2.75, 3.05) is 7.11 Å². The SMILES string of the molecule is CCc1ccc(-n2c(C)cc(/C=C3\NC(=O)N(Cc4ccc(C(=O)OC)o4)C3=O)c2C)cc1. The largest absolute Gasteiger partial charge is 0.463 e. The first kappa shape index (κ1) is 22.1. The molecule has 0 unspecified atom stereocenters. The van der Waals surface area contributed by atoms with Crippen LogP contribution in [0.3, 0.4) is 0 Å². The van der Waals surface area contributed by atoms with Crippen LogP contribution in [0.5, 0.6) is 0 Å². The minimum atomic E-state index is -0.626. The van der Waals surface area contributed by atoms with Crippen LogP contribution < -0.4 is 5.32 Å². The first-order valence-corrected chi connectivity index (χ1v) is 10.6. The highest BCUT2D eigenvalue weighted by molar-refractivity contribution is 6.13. The van der Waals surface area contributed by atoms with E-state index in [4.69, 9.17) is 4.42 Å². The fourth-order valence-electron chi connectivity index (χ4n) is 3.91. The average Bonchev–Trinajstić information content (AvgIpc) is 3.47. The highest BCUT2D eigenvalue weighted by Crippen LogP contribution is 2.25. The van der Waals surface area contributed by atoms with E-state index in [1.807, 2.05) is 19.9 Å². The Kier molecular flexibility index (Phi) is 5.91. The second-order valence-electron chi connectivity index (χ2n) is 7.82. The molecular weight excluding hydrogens is 422 g/mol. The van der Waals surface area contributed by atoms with Crippen molar-refractivity contribution >= 4 is 24.0 Å². The summed E-state index contributed by atoms with van der Waals surface area (Å²) in [6.07, 6.45) is 2.66. The average molecular weight is 447 g/mol. The predicted molar refractivity (Wildman–Crippen MR) is 122 cm³/mol. The number of hydrogen-bond donors (Lipinski definition) is 1. The standard InChI is InChI=1S/C25H25N3O5/c1-5-17-6-8-19(9-7-17)28-15(2)12-18(16(28)3)13-21-23(29)27(25(31)26-21)14-20-10-11-22(33-20)24(30)32-4/h6-13H,5,14H2,1-4H3,(H,26,31)/b21-13-. The molecule has 0 saturated carbocycles. The summed E-state index contributed by atoms with van der Waals surface area (Å²) in [6.45, 7) is 6.00. The van der Waals surface area contributed by atoms with Crippen molar-refractivity contribution in [1.29, 1.82) is 0 Å². The van der Waals surface area contributed by atoms with Crippen molar-refractivity contribution in [2.24, 2.45) is 0 Å². The van der Waals surface area contributed by atoms with Crippen LogP contribution in [0.15, 0.2) is 52.6 Å². The number of nitrogens with zero attached hydrogens (tertiary/aromatic N) is 2. The fraction of sp³-hybridized carbons (Fsp3) is 0.240. The number of benzene rings is 1. The molecule has 0 bridgehead atoms. The molecule has 2 aromatic heterocycles. The first-order valence-electron chi connectivity index (χ1n) is 10.6. The maximum Gasteiger partial charge on any atom is 0.373 e. The Morgan fingerprint density at radius 1 is 1.12 bits per heavy atom. The number of imide groups is 1. The molecule has 8 nitrogen and oxygen atoms in total. The molecule has 1 aliphatic rings. The van der Waals surface area contributed by atoms with Gasteiger partial charge in [-0.05, 0) is 67.8 Å². The minimum Gasteiger partial charge on any atom is -0.463 e. The molecule has 1 N–H and O–H groups in total. The number of esters is 1. The number of ether oxygens (including phenoxy) is 1. The van der Waals surface area contributed by atoms with E-state index in [-0.39, 0.29) is 18.0 Å². The summed E-state index contributed by atoms with van der Waals surface area (Å²) in [5, 5.41) is 2.63. The van der Waals surface area contributed by atoms with E-state index in [0.717, 1.165) is 34.0 Å². The van der Waals surface area contributed by atoms with Gasteiger partial charge in [-0.25, -0.2) is 9.59 Å². The molecule has 1 aliphatic heterocycles. The molecule has 3 amide bonds. The quantitative estimate of drug-likeness (QED) is 0.348. The second kappa shape index (κ2) is 8.82. The van der Waals surface area contributed by atoms with Gasteiger partial charge in [0.25, 0.3) is 5.91 Å².